The molecule has 0 aromatic rings. The van der Waals surface area contributed by atoms with Crippen molar-refractivity contribution in [1.29, 1.82) is 0 Å². The van der Waals surface area contributed by atoms with Crippen LogP contribution in [0.3, 0.4) is 0 Å². The summed E-state index contributed by atoms with van der Waals surface area (Å²) in [5.74, 6) is -0.659. The molecule has 0 aromatic heterocycles. The summed E-state index contributed by atoms with van der Waals surface area (Å²) in [7, 11) is 0. The van der Waals surface area contributed by atoms with Crippen LogP contribution >= 0.6 is 0 Å². The molecule has 0 aromatic carbocycles. The molecule has 0 fully saturated rings. The molecular weight excluding hydrogens is 1030 g/mol. The smallest absolute Gasteiger partial charge is 0.306 e. The topological polar surface area (TPSA) is 72.8 Å². The molecule has 0 rings (SSSR count). The van der Waals surface area contributed by atoms with Crippen molar-refractivity contribution in [2.45, 2.75) is 315 Å². The van der Waals surface area contributed by atoms with E-state index in [-0.39, 0.29) is 31.6 Å². The molecule has 1 N–H and O–H groups in total. The summed E-state index contributed by atoms with van der Waals surface area (Å²) in [6.07, 6.45) is 111. The van der Waals surface area contributed by atoms with E-state index < -0.39 is 6.10 Å². The number of carbonyl (C=O) groups excluding carboxylic acids is 2. The minimum absolute atomic E-state index is 0.0952. The third kappa shape index (κ3) is 70.0. The fourth-order valence-electron chi connectivity index (χ4n) is 9.67. The normalized spacial score (nSPS) is 13.2. The molecule has 476 valence electrons. The van der Waals surface area contributed by atoms with Gasteiger partial charge in [-0.2, -0.15) is 0 Å². The van der Waals surface area contributed by atoms with Gasteiger partial charge in [0.2, 0.25) is 0 Å². The third-order valence-electron chi connectivity index (χ3n) is 14.8. The summed E-state index contributed by atoms with van der Waals surface area (Å²) < 4.78 is 10.7. The van der Waals surface area contributed by atoms with Crippen molar-refractivity contribution >= 4 is 11.9 Å². The van der Waals surface area contributed by atoms with Gasteiger partial charge in [-0.25, -0.2) is 0 Å². The number of aliphatic hydroxyl groups is 1. The van der Waals surface area contributed by atoms with E-state index in [9.17, 15) is 14.7 Å². The Morgan fingerprint density at radius 3 is 0.750 bits per heavy atom. The third-order valence-corrected chi connectivity index (χ3v) is 14.8. The Hall–Kier alpha value is -4.48. The van der Waals surface area contributed by atoms with Crippen molar-refractivity contribution in [3.8, 4) is 0 Å². The molecule has 0 aliphatic carbocycles. The van der Waals surface area contributed by atoms with Gasteiger partial charge >= 0.3 is 11.9 Å². The molecule has 0 aliphatic rings. The van der Waals surface area contributed by atoms with Crippen LogP contribution in [0.25, 0.3) is 0 Å². The molecular formula is C79H130O5. The van der Waals surface area contributed by atoms with E-state index in [0.717, 1.165) is 109 Å². The maximum absolute atomic E-state index is 12.3. The average molecular weight is 1160 g/mol. The van der Waals surface area contributed by atoms with Gasteiger partial charge < -0.3 is 14.6 Å². The molecule has 0 heterocycles. The Balaban J connectivity index is 3.51. The molecule has 0 radical (unpaired) electrons. The molecule has 1 atom stereocenters. The maximum atomic E-state index is 12.3. The summed E-state index contributed by atoms with van der Waals surface area (Å²) in [5, 5.41) is 9.68. The second-order valence-electron chi connectivity index (χ2n) is 22.8. The lowest BCUT2D eigenvalue weighted by Gasteiger charge is -2.15. The number of hydrogen-bond acceptors (Lipinski definition) is 5. The quantitative estimate of drug-likeness (QED) is 0.0373. The number of hydrogen-bond donors (Lipinski definition) is 1. The highest BCUT2D eigenvalue weighted by Gasteiger charge is 2.16. The van der Waals surface area contributed by atoms with Crippen LogP contribution in [0.15, 0.2) is 158 Å². The van der Waals surface area contributed by atoms with Crippen molar-refractivity contribution in [1.82, 2.24) is 0 Å². The summed E-state index contributed by atoms with van der Waals surface area (Å²) in [6, 6.07) is 0. The first kappa shape index (κ1) is 79.5. The summed E-state index contributed by atoms with van der Waals surface area (Å²) in [4.78, 5) is 24.6. The van der Waals surface area contributed by atoms with Crippen LogP contribution in [0.1, 0.15) is 309 Å². The number of carbonyl (C=O) groups is 2. The minimum Gasteiger partial charge on any atom is -0.462 e. The number of unbranched alkanes of at least 4 members (excludes halogenated alkanes) is 29. The summed E-state index contributed by atoms with van der Waals surface area (Å²) >= 11 is 0. The van der Waals surface area contributed by atoms with Gasteiger partial charge in [0.1, 0.15) is 6.61 Å². The van der Waals surface area contributed by atoms with Crippen LogP contribution in [-0.4, -0.2) is 36.4 Å². The number of esters is 2. The van der Waals surface area contributed by atoms with E-state index in [1.54, 1.807) is 0 Å². The van der Waals surface area contributed by atoms with Crippen LogP contribution in [0, 0.1) is 0 Å². The first-order valence-corrected chi connectivity index (χ1v) is 35.0. The first-order chi connectivity index (χ1) is 41.6. The summed E-state index contributed by atoms with van der Waals surface area (Å²) in [6.45, 7) is 3.88. The molecule has 84 heavy (non-hydrogen) atoms. The minimum atomic E-state index is -0.813. The van der Waals surface area contributed by atoms with Crippen molar-refractivity contribution in [2.75, 3.05) is 13.2 Å². The van der Waals surface area contributed by atoms with Gasteiger partial charge in [0.15, 0.2) is 6.10 Å². The van der Waals surface area contributed by atoms with Crippen LogP contribution in [0.5, 0.6) is 0 Å². The van der Waals surface area contributed by atoms with Crippen molar-refractivity contribution in [3.63, 3.8) is 0 Å². The molecule has 0 aliphatic heterocycles. The molecule has 0 saturated carbocycles. The van der Waals surface area contributed by atoms with Gasteiger partial charge in [-0.1, -0.05) is 339 Å². The van der Waals surface area contributed by atoms with Crippen molar-refractivity contribution < 1.29 is 24.2 Å². The van der Waals surface area contributed by atoms with Crippen LogP contribution < -0.4 is 0 Å². The van der Waals surface area contributed by atoms with Crippen LogP contribution in [0.2, 0.25) is 0 Å². The SMILES string of the molecule is CC/C=C\C/C=C\C/C=C\C/C=C\C/C=C\C/C=C\C/C=C\C/C=C\C/C=C\CCCC(=O)OC(CO)COC(=O)CCCCCCCCCCCCCCCCCCCCCCCCCCCCCC/C=C\C/C=C\C/C=C\C/C=C\CC. The highest BCUT2D eigenvalue weighted by molar-refractivity contribution is 5.70. The predicted octanol–water partition coefficient (Wildman–Crippen LogP) is 24.6. The Bertz CT molecular complexity index is 1790. The number of rotatable bonds is 63. The van der Waals surface area contributed by atoms with Gasteiger partial charge in [0.25, 0.3) is 0 Å². The monoisotopic (exact) mass is 1160 g/mol. The highest BCUT2D eigenvalue weighted by Crippen LogP contribution is 2.17. The Kier molecular flexibility index (Phi) is 68.9. The van der Waals surface area contributed by atoms with Gasteiger partial charge in [-0.15, -0.1) is 0 Å². The van der Waals surface area contributed by atoms with E-state index in [0.29, 0.717) is 12.8 Å². The van der Waals surface area contributed by atoms with Crippen LogP contribution in [0.4, 0.5) is 0 Å². The fourth-order valence-corrected chi connectivity index (χ4v) is 9.67. The zero-order chi connectivity index (χ0) is 60.5. The molecule has 0 bridgehead atoms. The summed E-state index contributed by atoms with van der Waals surface area (Å²) in [5.41, 5.74) is 0. The van der Waals surface area contributed by atoms with Gasteiger partial charge in [0.05, 0.1) is 6.61 Å². The molecule has 1 unspecified atom stereocenters. The Morgan fingerprint density at radius 1 is 0.274 bits per heavy atom. The van der Waals surface area contributed by atoms with E-state index in [4.69, 9.17) is 9.47 Å². The highest BCUT2D eigenvalue weighted by atomic mass is 16.6. The number of aliphatic hydroxyl groups excluding tert-OH is 1. The largest absolute Gasteiger partial charge is 0.462 e. The van der Waals surface area contributed by atoms with E-state index >= 15 is 0 Å². The van der Waals surface area contributed by atoms with Gasteiger partial charge in [0, 0.05) is 12.8 Å². The first-order valence-electron chi connectivity index (χ1n) is 35.0. The Morgan fingerprint density at radius 2 is 0.488 bits per heavy atom. The zero-order valence-electron chi connectivity index (χ0n) is 54.6. The van der Waals surface area contributed by atoms with Crippen LogP contribution in [-0.2, 0) is 19.1 Å². The van der Waals surface area contributed by atoms with Crippen molar-refractivity contribution in [3.05, 3.63) is 158 Å². The number of ether oxygens (including phenoxy) is 2. The Labute approximate surface area is 520 Å². The molecule has 5 heteroatoms. The second kappa shape index (κ2) is 72.8. The van der Waals surface area contributed by atoms with E-state index in [1.165, 1.54) is 167 Å². The lowest BCUT2D eigenvalue weighted by atomic mass is 10.0. The molecule has 0 amide bonds. The lowest BCUT2D eigenvalue weighted by Crippen LogP contribution is -2.28. The zero-order valence-corrected chi connectivity index (χ0v) is 54.6. The molecule has 0 saturated heterocycles. The maximum Gasteiger partial charge on any atom is 0.306 e. The lowest BCUT2D eigenvalue weighted by molar-refractivity contribution is -0.161. The molecule has 0 spiro atoms. The van der Waals surface area contributed by atoms with Gasteiger partial charge in [-0.3, -0.25) is 9.59 Å². The predicted molar refractivity (Wildman–Crippen MR) is 370 cm³/mol. The van der Waals surface area contributed by atoms with Crippen molar-refractivity contribution in [2.24, 2.45) is 0 Å². The standard InChI is InChI=1S/C79H130O5/c1-3-5-7-9-11-13-15-17-19-21-23-25-27-29-31-33-34-35-36-37-38-39-40-41-42-43-44-46-47-49-51-53-55-57-59-61-63-65-67-69-71-73-78(81)83-76-77(75-80)84-79(82)74-72-70-68-66-64-62-60-58-56-54-52-50-48-45-32-30-28-26-24-22-20-18-16-14-12-10-8-6-4-2/h5-8,11-14,17-20,23-26,30,32,48,50,54,56,60,62,66,68,77,80H,3-4,9-10,15-16,21-22,27-29,31,33-47,49,51-53,55,57-59,61,63-65,67,69-76H2,1-2H3/b7-5-,8-6-,13-11-,14-12-,19-17-,20-18-,25-23-,26-24-,32-30-,50-48-,56-54-,62-60-,68-66-. The fraction of sp³-hybridized carbons (Fsp3) is 0.646. The molecule has 5 nitrogen and oxygen atoms in total. The van der Waals surface area contributed by atoms with Gasteiger partial charge in [-0.05, 0) is 116 Å². The average Bonchev–Trinajstić information content (AvgIpc) is 3.51. The van der Waals surface area contributed by atoms with E-state index in [2.05, 4.69) is 172 Å². The second-order valence-corrected chi connectivity index (χ2v) is 22.8. The van der Waals surface area contributed by atoms with E-state index in [1.807, 2.05) is 0 Å². The number of allylic oxidation sites excluding steroid dienone is 26.